The van der Waals surface area contributed by atoms with Gasteiger partial charge < -0.3 is 4.74 Å². The molecule has 0 N–H and O–H groups in total. The van der Waals surface area contributed by atoms with Crippen molar-refractivity contribution in [3.8, 4) is 6.07 Å². The maximum Gasteiger partial charge on any atom is 0.327 e. The molecule has 0 unspecified atom stereocenters. The second-order valence-electron chi connectivity index (χ2n) is 2.87. The Hall–Kier alpha value is -1.53. The normalized spacial score (nSPS) is 11.5. The molecule has 4 heteroatoms. The number of rotatable bonds is 3. The topological polar surface area (TPSA) is 50.1 Å². The summed E-state index contributed by atoms with van der Waals surface area (Å²) in [6, 6.07) is 8.48. The Kier molecular flexibility index (Phi) is 4.14. The van der Waals surface area contributed by atoms with E-state index in [1.165, 1.54) is 0 Å². The van der Waals surface area contributed by atoms with Crippen molar-refractivity contribution < 1.29 is 9.53 Å². The summed E-state index contributed by atoms with van der Waals surface area (Å²) in [7, 11) is 0. The molecule has 3 nitrogen and oxygen atoms in total. The van der Waals surface area contributed by atoms with Crippen LogP contribution in [0.3, 0.4) is 0 Å². The molecule has 0 saturated heterocycles. The van der Waals surface area contributed by atoms with E-state index in [4.69, 9.17) is 21.6 Å². The fourth-order valence-corrected chi connectivity index (χ4v) is 1.27. The van der Waals surface area contributed by atoms with E-state index in [1.54, 1.807) is 31.2 Å². The number of nitrogens with zero attached hydrogens (tertiary/aromatic N) is 1. The van der Waals surface area contributed by atoms with Crippen molar-refractivity contribution in [2.24, 2.45) is 0 Å². The zero-order valence-corrected chi connectivity index (χ0v) is 8.99. The summed E-state index contributed by atoms with van der Waals surface area (Å²) >= 11 is 5.70. The summed E-state index contributed by atoms with van der Waals surface area (Å²) in [5.74, 6) is -1.40. The molecule has 1 aromatic carbocycles. The zero-order valence-electron chi connectivity index (χ0n) is 8.24. The highest BCUT2D eigenvalue weighted by atomic mass is 35.5. The van der Waals surface area contributed by atoms with Crippen LogP contribution in [0.5, 0.6) is 0 Å². The zero-order chi connectivity index (χ0) is 11.3. The summed E-state index contributed by atoms with van der Waals surface area (Å²) in [6.45, 7) is 1.97. The Bertz CT molecular complexity index is 381. The lowest BCUT2D eigenvalue weighted by atomic mass is 10.0. The number of hydrogen-bond donors (Lipinski definition) is 0. The molecule has 1 atom stereocenters. The Morgan fingerprint density at radius 2 is 2.13 bits per heavy atom. The van der Waals surface area contributed by atoms with E-state index >= 15 is 0 Å². The second-order valence-corrected chi connectivity index (χ2v) is 3.30. The van der Waals surface area contributed by atoms with Crippen LogP contribution in [0.15, 0.2) is 24.3 Å². The van der Waals surface area contributed by atoms with Crippen molar-refractivity contribution in [2.45, 2.75) is 12.8 Å². The van der Waals surface area contributed by atoms with Gasteiger partial charge in [-0.15, -0.1) is 0 Å². The van der Waals surface area contributed by atoms with Gasteiger partial charge in [-0.25, -0.2) is 0 Å². The number of nitriles is 1. The number of esters is 1. The smallest absolute Gasteiger partial charge is 0.327 e. The van der Waals surface area contributed by atoms with Gasteiger partial charge in [0.2, 0.25) is 0 Å². The van der Waals surface area contributed by atoms with Crippen molar-refractivity contribution in [3.05, 3.63) is 34.9 Å². The predicted molar refractivity (Wildman–Crippen MR) is 56.4 cm³/mol. The number of carbonyl (C=O) groups excluding carboxylic acids is 1. The van der Waals surface area contributed by atoms with Crippen molar-refractivity contribution >= 4 is 17.6 Å². The standard InChI is InChI=1S/C11H10ClNO2/c1-2-15-11(14)10(7-13)8-3-5-9(12)6-4-8/h3-6,10H,2H2,1H3/t10-/m0/s1. The molecular weight excluding hydrogens is 214 g/mol. The Morgan fingerprint density at radius 3 is 2.60 bits per heavy atom. The lowest BCUT2D eigenvalue weighted by molar-refractivity contribution is -0.143. The molecule has 15 heavy (non-hydrogen) atoms. The first kappa shape index (κ1) is 11.5. The van der Waals surface area contributed by atoms with Crippen LogP contribution in [0.25, 0.3) is 0 Å². The number of ether oxygens (including phenoxy) is 1. The van der Waals surface area contributed by atoms with Gasteiger partial charge in [0, 0.05) is 5.02 Å². The Labute approximate surface area is 93.2 Å². The van der Waals surface area contributed by atoms with Crippen molar-refractivity contribution in [1.29, 1.82) is 5.26 Å². The minimum Gasteiger partial charge on any atom is -0.465 e. The van der Waals surface area contributed by atoms with Crippen LogP contribution in [-0.4, -0.2) is 12.6 Å². The predicted octanol–water partition coefficient (Wildman–Crippen LogP) is 2.51. The molecule has 0 amide bonds. The summed E-state index contributed by atoms with van der Waals surface area (Å²) in [5.41, 5.74) is 0.598. The number of halogens is 1. The van der Waals surface area contributed by atoms with E-state index in [0.717, 1.165) is 0 Å². The largest absolute Gasteiger partial charge is 0.465 e. The van der Waals surface area contributed by atoms with Crippen LogP contribution in [0.1, 0.15) is 18.4 Å². The third kappa shape index (κ3) is 2.97. The highest BCUT2D eigenvalue weighted by molar-refractivity contribution is 6.30. The van der Waals surface area contributed by atoms with Gasteiger partial charge in [0.1, 0.15) is 0 Å². The molecule has 0 bridgehead atoms. The fourth-order valence-electron chi connectivity index (χ4n) is 1.14. The van der Waals surface area contributed by atoms with Gasteiger partial charge in [0.15, 0.2) is 5.92 Å². The monoisotopic (exact) mass is 223 g/mol. The highest BCUT2D eigenvalue weighted by Crippen LogP contribution is 2.19. The Morgan fingerprint density at radius 1 is 1.53 bits per heavy atom. The number of carbonyl (C=O) groups is 1. The first-order chi connectivity index (χ1) is 7.19. The highest BCUT2D eigenvalue weighted by Gasteiger charge is 2.20. The minimum absolute atomic E-state index is 0.268. The molecule has 0 aliphatic heterocycles. The quantitative estimate of drug-likeness (QED) is 0.740. The van der Waals surface area contributed by atoms with Gasteiger partial charge >= 0.3 is 5.97 Å². The average molecular weight is 224 g/mol. The molecule has 0 aliphatic rings. The van der Waals surface area contributed by atoms with Crippen molar-refractivity contribution in [3.63, 3.8) is 0 Å². The number of benzene rings is 1. The van der Waals surface area contributed by atoms with Crippen LogP contribution in [0.4, 0.5) is 0 Å². The first-order valence-corrected chi connectivity index (χ1v) is 4.88. The van der Waals surface area contributed by atoms with Crippen LogP contribution in [0, 0.1) is 11.3 Å². The second kappa shape index (κ2) is 5.38. The molecule has 0 fully saturated rings. The lowest BCUT2D eigenvalue weighted by Gasteiger charge is -2.08. The van der Waals surface area contributed by atoms with Crippen molar-refractivity contribution in [2.75, 3.05) is 6.61 Å². The number of hydrogen-bond acceptors (Lipinski definition) is 3. The van der Waals surface area contributed by atoms with Crippen molar-refractivity contribution in [1.82, 2.24) is 0 Å². The van der Waals surface area contributed by atoms with E-state index in [0.29, 0.717) is 10.6 Å². The van der Waals surface area contributed by atoms with Crippen LogP contribution in [-0.2, 0) is 9.53 Å². The molecule has 0 aromatic heterocycles. The van der Waals surface area contributed by atoms with Crippen LogP contribution in [0.2, 0.25) is 5.02 Å². The molecule has 0 saturated carbocycles. The Balaban J connectivity index is 2.89. The molecule has 1 rings (SSSR count). The lowest BCUT2D eigenvalue weighted by Crippen LogP contribution is -2.14. The summed E-state index contributed by atoms with van der Waals surface area (Å²) in [4.78, 5) is 11.4. The van der Waals surface area contributed by atoms with E-state index in [1.807, 2.05) is 6.07 Å². The fraction of sp³-hybridized carbons (Fsp3) is 0.273. The third-order valence-electron chi connectivity index (χ3n) is 1.85. The van der Waals surface area contributed by atoms with Gasteiger partial charge in [0.25, 0.3) is 0 Å². The molecule has 0 radical (unpaired) electrons. The van der Waals surface area contributed by atoms with E-state index < -0.39 is 11.9 Å². The SMILES string of the molecule is CCOC(=O)[C@@H](C#N)c1ccc(Cl)cc1. The molecule has 78 valence electrons. The van der Waals surface area contributed by atoms with Gasteiger partial charge in [-0.3, -0.25) is 4.79 Å². The van der Waals surface area contributed by atoms with Gasteiger partial charge in [0.05, 0.1) is 12.7 Å². The maximum absolute atomic E-state index is 11.4. The molecule has 1 aromatic rings. The van der Waals surface area contributed by atoms with E-state index in [9.17, 15) is 4.79 Å². The van der Waals surface area contributed by atoms with Gasteiger partial charge in [-0.05, 0) is 24.6 Å². The van der Waals surface area contributed by atoms with E-state index in [-0.39, 0.29) is 6.61 Å². The molecule has 0 spiro atoms. The van der Waals surface area contributed by atoms with Crippen LogP contribution >= 0.6 is 11.6 Å². The average Bonchev–Trinajstić information content (AvgIpc) is 2.22. The van der Waals surface area contributed by atoms with E-state index in [2.05, 4.69) is 0 Å². The third-order valence-corrected chi connectivity index (χ3v) is 2.11. The molecule has 0 aliphatic carbocycles. The summed E-state index contributed by atoms with van der Waals surface area (Å²) in [6.07, 6.45) is 0. The first-order valence-electron chi connectivity index (χ1n) is 4.50. The molecular formula is C11H10ClNO2. The summed E-state index contributed by atoms with van der Waals surface area (Å²) < 4.78 is 4.79. The summed E-state index contributed by atoms with van der Waals surface area (Å²) in [5, 5.41) is 9.43. The molecule has 0 heterocycles. The maximum atomic E-state index is 11.4. The van der Waals surface area contributed by atoms with Gasteiger partial charge in [-0.2, -0.15) is 5.26 Å². The van der Waals surface area contributed by atoms with Crippen LogP contribution < -0.4 is 0 Å². The van der Waals surface area contributed by atoms with Gasteiger partial charge in [-0.1, -0.05) is 23.7 Å². The minimum atomic E-state index is -0.873.